The minimum absolute atomic E-state index is 0.0939. The maximum Gasteiger partial charge on any atom is 0.303 e. The first kappa shape index (κ1) is 12.3. The zero-order chi connectivity index (χ0) is 12.3. The number of fused-ring (bicyclic) bond motifs is 1. The fourth-order valence-electron chi connectivity index (χ4n) is 2.16. The summed E-state index contributed by atoms with van der Waals surface area (Å²) in [6.45, 7) is 0. The zero-order valence-electron chi connectivity index (χ0n) is 9.65. The van der Waals surface area contributed by atoms with Crippen LogP contribution in [0.5, 0.6) is 0 Å². The van der Waals surface area contributed by atoms with Gasteiger partial charge in [-0.25, -0.2) is 0 Å². The van der Waals surface area contributed by atoms with E-state index in [-0.39, 0.29) is 6.42 Å². The van der Waals surface area contributed by atoms with Crippen molar-refractivity contribution in [3.63, 3.8) is 0 Å². The highest BCUT2D eigenvalue weighted by Crippen LogP contribution is 2.24. The van der Waals surface area contributed by atoms with Crippen LogP contribution in [0.1, 0.15) is 30.4 Å². The highest BCUT2D eigenvalue weighted by Gasteiger charge is 2.13. The van der Waals surface area contributed by atoms with E-state index in [0.29, 0.717) is 12.2 Å². The number of rotatable bonds is 5. The Kier molecular flexibility index (Phi) is 3.94. The summed E-state index contributed by atoms with van der Waals surface area (Å²) in [5, 5.41) is 8.52. The number of carbonyl (C=O) groups is 1. The SMILES string of the molecule is O=C(O)CCCS(=O)c1ccc2c(c1)CCC2. The monoisotopic (exact) mass is 252 g/mol. The maximum atomic E-state index is 11.9. The fourth-order valence-corrected chi connectivity index (χ4v) is 3.30. The van der Waals surface area contributed by atoms with Gasteiger partial charge in [0, 0.05) is 17.1 Å². The molecule has 1 unspecified atom stereocenters. The number of aliphatic carboxylic acids is 1. The lowest BCUT2D eigenvalue weighted by Gasteiger charge is -2.04. The van der Waals surface area contributed by atoms with Crippen molar-refractivity contribution in [2.45, 2.75) is 37.0 Å². The highest BCUT2D eigenvalue weighted by atomic mass is 32.2. The smallest absolute Gasteiger partial charge is 0.303 e. The standard InChI is InChI=1S/C13H16O3S/c14-13(15)5-2-8-17(16)12-7-6-10-3-1-4-11(10)9-12/h6-7,9H,1-5,8H2,(H,14,15). The molecule has 17 heavy (non-hydrogen) atoms. The molecule has 1 aliphatic carbocycles. The third-order valence-electron chi connectivity index (χ3n) is 3.05. The molecule has 2 rings (SSSR count). The average Bonchev–Trinajstić information content (AvgIpc) is 2.75. The van der Waals surface area contributed by atoms with Crippen molar-refractivity contribution < 1.29 is 14.1 Å². The number of aryl methyl sites for hydroxylation is 2. The van der Waals surface area contributed by atoms with E-state index in [9.17, 15) is 9.00 Å². The molecule has 0 bridgehead atoms. The number of benzene rings is 1. The predicted molar refractivity (Wildman–Crippen MR) is 66.6 cm³/mol. The number of carboxylic acids is 1. The van der Waals surface area contributed by atoms with E-state index in [4.69, 9.17) is 5.11 Å². The molecule has 4 heteroatoms. The van der Waals surface area contributed by atoms with Crippen molar-refractivity contribution in [2.75, 3.05) is 5.75 Å². The second-order valence-electron chi connectivity index (χ2n) is 4.33. The van der Waals surface area contributed by atoms with E-state index in [1.807, 2.05) is 12.1 Å². The molecule has 1 aromatic carbocycles. The Morgan fingerprint density at radius 1 is 1.29 bits per heavy atom. The summed E-state index contributed by atoms with van der Waals surface area (Å²) in [6.07, 6.45) is 3.96. The van der Waals surface area contributed by atoms with Crippen LogP contribution in [0.2, 0.25) is 0 Å². The van der Waals surface area contributed by atoms with Gasteiger partial charge in [0.25, 0.3) is 0 Å². The molecule has 1 aliphatic rings. The van der Waals surface area contributed by atoms with Gasteiger partial charge in [-0.3, -0.25) is 9.00 Å². The third kappa shape index (κ3) is 3.16. The molecule has 0 radical (unpaired) electrons. The molecule has 1 aromatic rings. The Hall–Kier alpha value is -1.16. The van der Waals surface area contributed by atoms with Gasteiger partial charge < -0.3 is 5.11 Å². The van der Waals surface area contributed by atoms with E-state index >= 15 is 0 Å². The van der Waals surface area contributed by atoms with Gasteiger partial charge in [0.05, 0.1) is 10.8 Å². The highest BCUT2D eigenvalue weighted by molar-refractivity contribution is 7.85. The zero-order valence-corrected chi connectivity index (χ0v) is 10.5. The first-order valence-corrected chi connectivity index (χ1v) is 7.20. The van der Waals surface area contributed by atoms with Crippen molar-refractivity contribution >= 4 is 16.8 Å². The van der Waals surface area contributed by atoms with E-state index in [2.05, 4.69) is 6.07 Å². The molecule has 0 amide bonds. The van der Waals surface area contributed by atoms with Gasteiger partial charge in [-0.15, -0.1) is 0 Å². The topological polar surface area (TPSA) is 54.4 Å². The fraction of sp³-hybridized carbons (Fsp3) is 0.462. The summed E-state index contributed by atoms with van der Waals surface area (Å²) in [6, 6.07) is 6.01. The summed E-state index contributed by atoms with van der Waals surface area (Å²) >= 11 is 0. The lowest BCUT2D eigenvalue weighted by Crippen LogP contribution is -2.02. The van der Waals surface area contributed by atoms with Crippen molar-refractivity contribution in [3.8, 4) is 0 Å². The number of hydrogen-bond acceptors (Lipinski definition) is 2. The Morgan fingerprint density at radius 2 is 2.06 bits per heavy atom. The van der Waals surface area contributed by atoms with Crippen LogP contribution >= 0.6 is 0 Å². The van der Waals surface area contributed by atoms with Gasteiger partial charge >= 0.3 is 5.97 Å². The Morgan fingerprint density at radius 3 is 2.82 bits per heavy atom. The quantitative estimate of drug-likeness (QED) is 0.873. The average molecular weight is 252 g/mol. The molecule has 92 valence electrons. The summed E-state index contributed by atoms with van der Waals surface area (Å²) in [5.41, 5.74) is 2.69. The summed E-state index contributed by atoms with van der Waals surface area (Å²) in [4.78, 5) is 11.2. The van der Waals surface area contributed by atoms with Crippen LogP contribution in [0, 0.1) is 0 Å². The Labute approximate surface area is 103 Å². The molecular weight excluding hydrogens is 236 g/mol. The third-order valence-corrected chi connectivity index (χ3v) is 4.49. The van der Waals surface area contributed by atoms with Gasteiger partial charge in [-0.1, -0.05) is 6.07 Å². The lowest BCUT2D eigenvalue weighted by atomic mass is 10.1. The number of hydrogen-bond donors (Lipinski definition) is 1. The Balaban J connectivity index is 1.97. The summed E-state index contributed by atoms with van der Waals surface area (Å²) in [5.74, 6) is -0.388. The lowest BCUT2D eigenvalue weighted by molar-refractivity contribution is -0.137. The van der Waals surface area contributed by atoms with Crippen LogP contribution in [-0.2, 0) is 28.4 Å². The van der Waals surface area contributed by atoms with Crippen LogP contribution in [0.4, 0.5) is 0 Å². The van der Waals surface area contributed by atoms with Crippen molar-refractivity contribution in [1.29, 1.82) is 0 Å². The first-order chi connectivity index (χ1) is 8.16. The van der Waals surface area contributed by atoms with Crippen molar-refractivity contribution in [2.24, 2.45) is 0 Å². The van der Waals surface area contributed by atoms with Gasteiger partial charge in [0.1, 0.15) is 0 Å². The second-order valence-corrected chi connectivity index (χ2v) is 5.90. The predicted octanol–water partition coefficient (Wildman–Crippen LogP) is 2.15. The van der Waals surface area contributed by atoms with Gasteiger partial charge in [-0.05, 0) is 48.9 Å². The van der Waals surface area contributed by atoms with Crippen LogP contribution in [0.25, 0.3) is 0 Å². The van der Waals surface area contributed by atoms with Gasteiger partial charge in [-0.2, -0.15) is 0 Å². The normalized spacial score (nSPS) is 15.5. The molecule has 0 fully saturated rings. The molecular formula is C13H16O3S. The van der Waals surface area contributed by atoms with Crippen LogP contribution < -0.4 is 0 Å². The molecule has 1 atom stereocenters. The first-order valence-electron chi connectivity index (χ1n) is 5.89. The van der Waals surface area contributed by atoms with Crippen molar-refractivity contribution in [3.05, 3.63) is 29.3 Å². The van der Waals surface area contributed by atoms with Crippen molar-refractivity contribution in [1.82, 2.24) is 0 Å². The molecule has 0 saturated heterocycles. The molecule has 0 spiro atoms. The molecule has 0 heterocycles. The summed E-state index contributed by atoms with van der Waals surface area (Å²) in [7, 11) is -1.06. The van der Waals surface area contributed by atoms with Crippen LogP contribution in [0.15, 0.2) is 23.1 Å². The summed E-state index contributed by atoms with van der Waals surface area (Å²) < 4.78 is 11.9. The van der Waals surface area contributed by atoms with Gasteiger partial charge in [0.2, 0.25) is 0 Å². The molecule has 0 saturated carbocycles. The van der Waals surface area contributed by atoms with Gasteiger partial charge in [0.15, 0.2) is 0 Å². The van der Waals surface area contributed by atoms with E-state index < -0.39 is 16.8 Å². The largest absolute Gasteiger partial charge is 0.481 e. The minimum atomic E-state index is -1.06. The maximum absolute atomic E-state index is 11.9. The van der Waals surface area contributed by atoms with E-state index in [0.717, 1.165) is 17.7 Å². The molecule has 0 aromatic heterocycles. The molecule has 1 N–H and O–H groups in total. The number of carboxylic acid groups (broad SMARTS) is 1. The van der Waals surface area contributed by atoms with E-state index in [1.54, 1.807) is 0 Å². The van der Waals surface area contributed by atoms with Crippen LogP contribution in [0.3, 0.4) is 0 Å². The second kappa shape index (κ2) is 5.45. The molecule has 3 nitrogen and oxygen atoms in total. The molecule has 0 aliphatic heterocycles. The van der Waals surface area contributed by atoms with E-state index in [1.165, 1.54) is 17.5 Å². The minimum Gasteiger partial charge on any atom is -0.481 e. The Bertz CT molecular complexity index is 454. The van der Waals surface area contributed by atoms with Crippen LogP contribution in [-0.4, -0.2) is 21.0 Å².